The number of nitrogens with two attached hydrogens (primary N) is 2. The van der Waals surface area contributed by atoms with E-state index in [1.54, 1.807) is 0 Å². The predicted octanol–water partition coefficient (Wildman–Crippen LogP) is 8.60. The highest BCUT2D eigenvalue weighted by atomic mass is 14.9. The number of anilines is 6. The van der Waals surface area contributed by atoms with Crippen molar-refractivity contribution in [3.05, 3.63) is 96.1 Å². The highest BCUT2D eigenvalue weighted by Crippen LogP contribution is 2.41. The standard InChI is InChI=1S/C32H38N4/c1-31(2,3)21-15-17-23(29(19-21)35-27-13-9-7-11-25(27)33)24-18-16-22(32(4,5)6)20-30(24)36-28-14-10-8-12-26(28)34/h7-20,35-36H,33-34H2,1-6H3. The van der Waals surface area contributed by atoms with Crippen LogP contribution in [0, 0.1) is 0 Å². The van der Waals surface area contributed by atoms with Crippen molar-refractivity contribution in [1.82, 2.24) is 0 Å². The van der Waals surface area contributed by atoms with Gasteiger partial charge in [-0.25, -0.2) is 0 Å². The molecule has 0 radical (unpaired) electrons. The summed E-state index contributed by atoms with van der Waals surface area (Å²) < 4.78 is 0. The lowest BCUT2D eigenvalue weighted by molar-refractivity contribution is 0.590. The van der Waals surface area contributed by atoms with Crippen LogP contribution < -0.4 is 22.1 Å². The van der Waals surface area contributed by atoms with E-state index >= 15 is 0 Å². The molecule has 0 aliphatic heterocycles. The van der Waals surface area contributed by atoms with Crippen LogP contribution in [0.4, 0.5) is 34.1 Å². The molecule has 6 N–H and O–H groups in total. The summed E-state index contributed by atoms with van der Waals surface area (Å²) in [7, 11) is 0. The molecule has 0 saturated carbocycles. The maximum Gasteiger partial charge on any atom is 0.0618 e. The first-order valence-electron chi connectivity index (χ1n) is 12.5. The van der Waals surface area contributed by atoms with E-state index in [0.29, 0.717) is 11.4 Å². The average molecular weight is 479 g/mol. The zero-order valence-corrected chi connectivity index (χ0v) is 22.2. The highest BCUT2D eigenvalue weighted by molar-refractivity contribution is 5.92. The second-order valence-corrected chi connectivity index (χ2v) is 11.4. The molecule has 4 rings (SSSR count). The van der Waals surface area contributed by atoms with E-state index in [1.807, 2.05) is 48.5 Å². The van der Waals surface area contributed by atoms with Crippen molar-refractivity contribution >= 4 is 34.1 Å². The van der Waals surface area contributed by atoms with E-state index in [0.717, 1.165) is 33.9 Å². The van der Waals surface area contributed by atoms with Crippen LogP contribution in [0.2, 0.25) is 0 Å². The lowest BCUT2D eigenvalue weighted by Gasteiger charge is -2.25. The summed E-state index contributed by atoms with van der Waals surface area (Å²) in [5.74, 6) is 0. The summed E-state index contributed by atoms with van der Waals surface area (Å²) in [6.07, 6.45) is 0. The average Bonchev–Trinajstić information content (AvgIpc) is 2.81. The summed E-state index contributed by atoms with van der Waals surface area (Å²) in [5.41, 5.74) is 22.5. The summed E-state index contributed by atoms with van der Waals surface area (Å²) in [6.45, 7) is 13.4. The molecule has 4 aromatic carbocycles. The molecule has 4 aromatic rings. The van der Waals surface area contributed by atoms with Gasteiger partial charge in [0.25, 0.3) is 0 Å². The van der Waals surface area contributed by atoms with Crippen molar-refractivity contribution in [2.24, 2.45) is 0 Å². The molecule has 0 spiro atoms. The van der Waals surface area contributed by atoms with Crippen molar-refractivity contribution in [2.45, 2.75) is 52.4 Å². The van der Waals surface area contributed by atoms with E-state index in [-0.39, 0.29) is 10.8 Å². The molecular weight excluding hydrogens is 440 g/mol. The van der Waals surface area contributed by atoms with Crippen LogP contribution >= 0.6 is 0 Å². The van der Waals surface area contributed by atoms with E-state index in [2.05, 4.69) is 88.6 Å². The molecule has 0 amide bonds. The van der Waals surface area contributed by atoms with Gasteiger partial charge in [-0.3, -0.25) is 0 Å². The van der Waals surface area contributed by atoms with Gasteiger partial charge >= 0.3 is 0 Å². The number of rotatable bonds is 5. The van der Waals surface area contributed by atoms with E-state index in [9.17, 15) is 0 Å². The van der Waals surface area contributed by atoms with Crippen LogP contribution in [0.1, 0.15) is 52.7 Å². The molecule has 4 heteroatoms. The van der Waals surface area contributed by atoms with E-state index in [1.165, 1.54) is 11.1 Å². The van der Waals surface area contributed by atoms with Crippen molar-refractivity contribution in [2.75, 3.05) is 22.1 Å². The molecule has 0 heterocycles. The Bertz CT molecular complexity index is 1270. The Morgan fingerprint density at radius 3 is 1.17 bits per heavy atom. The number of benzene rings is 4. The third-order valence-corrected chi connectivity index (χ3v) is 6.52. The highest BCUT2D eigenvalue weighted by Gasteiger charge is 2.21. The van der Waals surface area contributed by atoms with Crippen molar-refractivity contribution in [3.63, 3.8) is 0 Å². The topological polar surface area (TPSA) is 76.1 Å². The van der Waals surface area contributed by atoms with Crippen LogP contribution in [-0.2, 0) is 10.8 Å². The fraction of sp³-hybridized carbons (Fsp3) is 0.250. The summed E-state index contributed by atoms with van der Waals surface area (Å²) in [5, 5.41) is 7.24. The molecule has 0 unspecified atom stereocenters. The Hall–Kier alpha value is -3.92. The molecule has 0 fully saturated rings. The molecule has 0 aromatic heterocycles. The molecule has 36 heavy (non-hydrogen) atoms. The molecule has 186 valence electrons. The zero-order chi connectivity index (χ0) is 26.1. The quantitative estimate of drug-likeness (QED) is 0.217. The zero-order valence-electron chi connectivity index (χ0n) is 22.2. The monoisotopic (exact) mass is 478 g/mol. The van der Waals surface area contributed by atoms with Gasteiger partial charge in [0.05, 0.1) is 22.7 Å². The predicted molar refractivity (Wildman–Crippen MR) is 158 cm³/mol. The molecule has 0 atom stereocenters. The van der Waals surface area contributed by atoms with Gasteiger partial charge in [0.1, 0.15) is 0 Å². The second-order valence-electron chi connectivity index (χ2n) is 11.4. The number of hydrogen-bond acceptors (Lipinski definition) is 4. The Morgan fingerprint density at radius 1 is 0.472 bits per heavy atom. The fourth-order valence-electron chi connectivity index (χ4n) is 4.21. The Labute approximate surface area is 215 Å². The molecule has 0 aliphatic rings. The third kappa shape index (κ3) is 5.49. The maximum absolute atomic E-state index is 6.31. The summed E-state index contributed by atoms with van der Waals surface area (Å²) >= 11 is 0. The van der Waals surface area contributed by atoms with Crippen LogP contribution in [0.25, 0.3) is 11.1 Å². The summed E-state index contributed by atoms with van der Waals surface area (Å²) in [4.78, 5) is 0. The smallest absolute Gasteiger partial charge is 0.0618 e. The minimum absolute atomic E-state index is 0.00680. The van der Waals surface area contributed by atoms with Gasteiger partial charge in [-0.1, -0.05) is 90.1 Å². The van der Waals surface area contributed by atoms with E-state index < -0.39 is 0 Å². The number of hydrogen-bond donors (Lipinski definition) is 4. The van der Waals surface area contributed by atoms with Gasteiger partial charge in [0.2, 0.25) is 0 Å². The molecular formula is C32H38N4. The van der Waals surface area contributed by atoms with Gasteiger partial charge < -0.3 is 22.1 Å². The largest absolute Gasteiger partial charge is 0.397 e. The first-order chi connectivity index (χ1) is 16.9. The van der Waals surface area contributed by atoms with Crippen LogP contribution in [0.5, 0.6) is 0 Å². The lowest BCUT2D eigenvalue weighted by Crippen LogP contribution is -2.13. The van der Waals surface area contributed by atoms with Crippen LogP contribution in [-0.4, -0.2) is 0 Å². The van der Waals surface area contributed by atoms with Crippen molar-refractivity contribution in [1.29, 1.82) is 0 Å². The molecule has 0 bridgehead atoms. The molecule has 0 aliphatic carbocycles. The van der Waals surface area contributed by atoms with Gasteiger partial charge in [-0.05, 0) is 58.4 Å². The molecule has 4 nitrogen and oxygen atoms in total. The Balaban J connectivity index is 1.91. The minimum Gasteiger partial charge on any atom is -0.397 e. The first-order valence-corrected chi connectivity index (χ1v) is 12.5. The van der Waals surface area contributed by atoms with Crippen LogP contribution in [0.15, 0.2) is 84.9 Å². The van der Waals surface area contributed by atoms with Gasteiger partial charge in [0, 0.05) is 22.5 Å². The Kier molecular flexibility index (Phi) is 6.73. The second kappa shape index (κ2) is 9.62. The first kappa shape index (κ1) is 25.2. The Morgan fingerprint density at radius 2 is 0.833 bits per heavy atom. The van der Waals surface area contributed by atoms with Gasteiger partial charge in [0.15, 0.2) is 0 Å². The number of para-hydroxylation sites is 4. The summed E-state index contributed by atoms with van der Waals surface area (Å²) in [6, 6.07) is 29.0. The SMILES string of the molecule is CC(C)(C)c1ccc(-c2ccc(C(C)(C)C)cc2Nc2ccccc2N)c(Nc2ccccc2N)c1. The van der Waals surface area contributed by atoms with Gasteiger partial charge in [-0.2, -0.15) is 0 Å². The van der Waals surface area contributed by atoms with Crippen molar-refractivity contribution in [3.8, 4) is 11.1 Å². The van der Waals surface area contributed by atoms with E-state index in [4.69, 9.17) is 11.5 Å². The van der Waals surface area contributed by atoms with Gasteiger partial charge in [-0.15, -0.1) is 0 Å². The third-order valence-electron chi connectivity index (χ3n) is 6.52. The number of nitrogen functional groups attached to an aromatic ring is 2. The minimum atomic E-state index is 0.00680. The van der Waals surface area contributed by atoms with Crippen LogP contribution in [0.3, 0.4) is 0 Å². The molecule has 0 saturated heterocycles. The maximum atomic E-state index is 6.31. The van der Waals surface area contributed by atoms with Crippen molar-refractivity contribution < 1.29 is 0 Å². The lowest BCUT2D eigenvalue weighted by atomic mass is 9.83. The normalized spacial score (nSPS) is 11.8. The number of nitrogens with one attached hydrogen (secondary N) is 2. The fourth-order valence-corrected chi connectivity index (χ4v) is 4.21.